The summed E-state index contributed by atoms with van der Waals surface area (Å²) in [6.07, 6.45) is 3.19. The molecule has 0 spiro atoms. The highest BCUT2D eigenvalue weighted by Gasteiger charge is 2.31. The van der Waals surface area contributed by atoms with Crippen molar-refractivity contribution < 1.29 is 38.6 Å². The summed E-state index contributed by atoms with van der Waals surface area (Å²) in [4.78, 5) is 76.4. The summed E-state index contributed by atoms with van der Waals surface area (Å²) in [6.45, 7) is 3.34. The summed E-state index contributed by atoms with van der Waals surface area (Å²) in [5, 5.41) is 23.1. The molecule has 3 rings (SSSR count). The summed E-state index contributed by atoms with van der Waals surface area (Å²) in [7, 11) is 0. The van der Waals surface area contributed by atoms with Crippen molar-refractivity contribution in [3.63, 3.8) is 0 Å². The standard InChI is InChI=1S/C29H42N6O8/c1-2-3-4-5-21-28(41)33-20(25(30)38)12-15-43-23-8-6-18(32-26(39)17-10-13-31-14-11-17)16-19(23)27(40)34-22(29(42)35-21)7-9-24(36)37/h6,8,16-17,20-22,31H,2-5,7,9-15H2,1H3,(H2,30,38)(H,32,39)(H,33,41)(H,34,40)(H,35,42)(H,36,37)/t20-,21-,22-/m0/s1. The summed E-state index contributed by atoms with van der Waals surface area (Å²) >= 11 is 0. The number of carbonyl (C=O) groups is 6. The second kappa shape index (κ2) is 16.4. The van der Waals surface area contributed by atoms with Gasteiger partial charge < -0.3 is 42.2 Å². The third kappa shape index (κ3) is 10.2. The number of ether oxygens (including phenoxy) is 1. The van der Waals surface area contributed by atoms with Gasteiger partial charge in [-0.3, -0.25) is 28.8 Å². The van der Waals surface area contributed by atoms with Crippen LogP contribution in [0.25, 0.3) is 0 Å². The van der Waals surface area contributed by atoms with Crippen LogP contribution in [0.5, 0.6) is 5.75 Å². The number of benzene rings is 1. The van der Waals surface area contributed by atoms with Crippen LogP contribution in [0.1, 0.15) is 75.1 Å². The van der Waals surface area contributed by atoms with Gasteiger partial charge in [0.15, 0.2) is 0 Å². The Kier molecular flexibility index (Phi) is 12.7. The normalized spacial score (nSPS) is 22.1. The number of rotatable bonds is 10. The van der Waals surface area contributed by atoms with Gasteiger partial charge in [-0.15, -0.1) is 0 Å². The SMILES string of the molecule is CCCCC[C@@H]1NC(=O)[C@H](CCC(=O)O)NC(=O)c2cc(NC(=O)C3CCNCC3)ccc2OCC[C@@H](C(N)=O)NC1=O. The molecular formula is C29H42N6O8. The molecule has 43 heavy (non-hydrogen) atoms. The van der Waals surface area contributed by atoms with Crippen molar-refractivity contribution in [1.82, 2.24) is 21.3 Å². The minimum Gasteiger partial charge on any atom is -0.493 e. The van der Waals surface area contributed by atoms with Crippen molar-refractivity contribution in [3.05, 3.63) is 23.8 Å². The molecule has 0 saturated carbocycles. The van der Waals surface area contributed by atoms with Crippen LogP contribution in [0.2, 0.25) is 0 Å². The van der Waals surface area contributed by atoms with E-state index in [-0.39, 0.29) is 49.0 Å². The molecule has 0 radical (unpaired) electrons. The van der Waals surface area contributed by atoms with Crippen LogP contribution in [0.4, 0.5) is 5.69 Å². The summed E-state index contributed by atoms with van der Waals surface area (Å²) in [6, 6.07) is 1.01. The van der Waals surface area contributed by atoms with Crippen LogP contribution in [0, 0.1) is 5.92 Å². The highest BCUT2D eigenvalue weighted by molar-refractivity contribution is 6.02. The topological polar surface area (TPSA) is 218 Å². The van der Waals surface area contributed by atoms with Crippen LogP contribution in [0.15, 0.2) is 18.2 Å². The average molecular weight is 603 g/mol. The maximum atomic E-state index is 13.6. The van der Waals surface area contributed by atoms with Crippen LogP contribution in [0.3, 0.4) is 0 Å². The van der Waals surface area contributed by atoms with E-state index in [1.165, 1.54) is 12.1 Å². The van der Waals surface area contributed by atoms with Crippen LogP contribution in [-0.2, 0) is 24.0 Å². The zero-order valence-corrected chi connectivity index (χ0v) is 24.4. The van der Waals surface area contributed by atoms with E-state index in [1.807, 2.05) is 6.92 Å². The first-order chi connectivity index (χ1) is 20.6. The van der Waals surface area contributed by atoms with E-state index < -0.39 is 54.1 Å². The largest absolute Gasteiger partial charge is 0.493 e. The van der Waals surface area contributed by atoms with Gasteiger partial charge in [0.1, 0.15) is 23.9 Å². The highest BCUT2D eigenvalue weighted by Crippen LogP contribution is 2.25. The summed E-state index contributed by atoms with van der Waals surface area (Å²) in [5.74, 6) is -4.36. The first-order valence-corrected chi connectivity index (χ1v) is 14.8. The molecule has 1 saturated heterocycles. The lowest BCUT2D eigenvalue weighted by molar-refractivity contribution is -0.137. The number of fused-ring (bicyclic) bond motifs is 1. The number of hydrogen-bond acceptors (Lipinski definition) is 8. The second-order valence-corrected chi connectivity index (χ2v) is 10.8. The molecule has 2 heterocycles. The van der Waals surface area contributed by atoms with Gasteiger partial charge in [-0.2, -0.15) is 0 Å². The van der Waals surface area contributed by atoms with E-state index in [1.54, 1.807) is 6.07 Å². The zero-order valence-electron chi connectivity index (χ0n) is 24.4. The Balaban J connectivity index is 1.93. The number of carboxylic acid groups (broad SMARTS) is 1. The van der Waals surface area contributed by atoms with Crippen LogP contribution < -0.4 is 37.1 Å². The van der Waals surface area contributed by atoms with Crippen molar-refractivity contribution in [1.29, 1.82) is 0 Å². The molecule has 0 aliphatic carbocycles. The Labute approximate surface area is 250 Å². The molecule has 1 aromatic carbocycles. The lowest BCUT2D eigenvalue weighted by atomic mass is 9.97. The molecular weight excluding hydrogens is 560 g/mol. The van der Waals surface area contributed by atoms with Gasteiger partial charge in [-0.1, -0.05) is 26.2 Å². The lowest BCUT2D eigenvalue weighted by Gasteiger charge is -2.26. The minimum absolute atomic E-state index is 0.00675. The van der Waals surface area contributed by atoms with Crippen LogP contribution in [-0.4, -0.2) is 78.4 Å². The minimum atomic E-state index is -1.30. The fraction of sp³-hybridized carbons (Fsp3) is 0.586. The number of aliphatic carboxylic acids is 1. The van der Waals surface area contributed by atoms with E-state index in [0.29, 0.717) is 24.9 Å². The number of nitrogens with one attached hydrogen (secondary N) is 5. The molecule has 2 aliphatic rings. The van der Waals surface area contributed by atoms with Gasteiger partial charge in [0.05, 0.1) is 12.2 Å². The quantitative estimate of drug-likeness (QED) is 0.184. The maximum absolute atomic E-state index is 13.6. The Morgan fingerprint density at radius 1 is 0.977 bits per heavy atom. The van der Waals surface area contributed by atoms with Gasteiger partial charge in [0.25, 0.3) is 5.91 Å². The third-order valence-corrected chi connectivity index (χ3v) is 7.52. The number of amides is 5. The molecule has 0 bridgehead atoms. The molecule has 8 N–H and O–H groups in total. The molecule has 14 heteroatoms. The number of nitrogens with two attached hydrogens (primary N) is 1. The van der Waals surface area contributed by atoms with E-state index in [9.17, 15) is 33.9 Å². The summed E-state index contributed by atoms with van der Waals surface area (Å²) in [5.41, 5.74) is 5.87. The Hall–Kier alpha value is -4.20. The van der Waals surface area contributed by atoms with Crippen molar-refractivity contribution in [3.8, 4) is 5.75 Å². The number of piperidine rings is 1. The molecule has 0 unspecified atom stereocenters. The van der Waals surface area contributed by atoms with Gasteiger partial charge in [0.2, 0.25) is 23.6 Å². The van der Waals surface area contributed by atoms with Crippen molar-refractivity contribution >= 4 is 41.2 Å². The third-order valence-electron chi connectivity index (χ3n) is 7.52. The van der Waals surface area contributed by atoms with Crippen LogP contribution >= 0.6 is 0 Å². The predicted molar refractivity (Wildman–Crippen MR) is 156 cm³/mol. The Bertz CT molecular complexity index is 1190. The predicted octanol–water partition coefficient (Wildman–Crippen LogP) is 0.406. The van der Waals surface area contributed by atoms with Gasteiger partial charge in [-0.05, 0) is 57.0 Å². The molecule has 0 aromatic heterocycles. The molecule has 14 nitrogen and oxygen atoms in total. The van der Waals surface area contributed by atoms with E-state index >= 15 is 0 Å². The summed E-state index contributed by atoms with van der Waals surface area (Å²) < 4.78 is 5.83. The maximum Gasteiger partial charge on any atom is 0.303 e. The Morgan fingerprint density at radius 2 is 1.67 bits per heavy atom. The highest BCUT2D eigenvalue weighted by atomic mass is 16.5. The Morgan fingerprint density at radius 3 is 2.35 bits per heavy atom. The second-order valence-electron chi connectivity index (χ2n) is 10.8. The fourth-order valence-corrected chi connectivity index (χ4v) is 5.00. The van der Waals surface area contributed by atoms with Gasteiger partial charge >= 0.3 is 5.97 Å². The van der Waals surface area contributed by atoms with Crippen molar-refractivity contribution in [2.45, 2.75) is 82.8 Å². The number of unbranched alkanes of at least 4 members (excludes halogenated alkanes) is 2. The average Bonchev–Trinajstić information content (AvgIpc) is 2.98. The molecule has 3 atom stereocenters. The first-order valence-electron chi connectivity index (χ1n) is 14.8. The monoisotopic (exact) mass is 602 g/mol. The molecule has 2 aliphatic heterocycles. The molecule has 1 aromatic rings. The molecule has 1 fully saturated rings. The van der Waals surface area contributed by atoms with Gasteiger partial charge in [-0.25, -0.2) is 0 Å². The van der Waals surface area contributed by atoms with Crippen molar-refractivity contribution in [2.24, 2.45) is 11.7 Å². The van der Waals surface area contributed by atoms with Crippen molar-refractivity contribution in [2.75, 3.05) is 25.0 Å². The van der Waals surface area contributed by atoms with E-state index in [4.69, 9.17) is 10.5 Å². The number of carboxylic acids is 1. The zero-order chi connectivity index (χ0) is 31.4. The van der Waals surface area contributed by atoms with Gasteiger partial charge in [0, 0.05) is 24.4 Å². The fourth-order valence-electron chi connectivity index (χ4n) is 5.00. The molecule has 236 valence electrons. The smallest absolute Gasteiger partial charge is 0.303 e. The number of carbonyl (C=O) groups excluding carboxylic acids is 5. The van der Waals surface area contributed by atoms with E-state index in [2.05, 4.69) is 26.6 Å². The first kappa shape index (κ1) is 33.3. The number of primary amides is 1. The van der Waals surface area contributed by atoms with E-state index in [0.717, 1.165) is 25.9 Å². The lowest BCUT2D eigenvalue weighted by Crippen LogP contribution is -2.56. The number of anilines is 1. The number of hydrogen-bond donors (Lipinski definition) is 7. The molecule has 5 amide bonds.